The van der Waals surface area contributed by atoms with E-state index in [1.165, 1.54) is 0 Å². The molecule has 1 unspecified atom stereocenters. The molecule has 1 aromatic rings. The van der Waals surface area contributed by atoms with Crippen molar-refractivity contribution in [1.29, 1.82) is 0 Å². The number of aliphatic hydroxyl groups is 1. The van der Waals surface area contributed by atoms with Crippen LogP contribution in [0.1, 0.15) is 20.8 Å². The van der Waals surface area contributed by atoms with Crippen LogP contribution in [0.25, 0.3) is 0 Å². The average molecular weight is 267 g/mol. The van der Waals surface area contributed by atoms with Crippen molar-refractivity contribution in [2.75, 3.05) is 26.3 Å². The number of hydrogen-bond donors (Lipinski definition) is 2. The van der Waals surface area contributed by atoms with E-state index in [0.717, 1.165) is 12.3 Å². The minimum atomic E-state index is -0.505. The molecule has 2 N–H and O–H groups in total. The van der Waals surface area contributed by atoms with Crippen molar-refractivity contribution in [2.45, 2.75) is 26.9 Å². The lowest BCUT2D eigenvalue weighted by atomic mass is 10.2. The third kappa shape index (κ3) is 7.03. The molecule has 0 saturated carbocycles. The molecule has 0 saturated heterocycles. The molecule has 0 aliphatic carbocycles. The summed E-state index contributed by atoms with van der Waals surface area (Å²) in [5.74, 6) is 2.08. The van der Waals surface area contributed by atoms with Gasteiger partial charge in [-0.2, -0.15) is 0 Å². The lowest BCUT2D eigenvalue weighted by molar-refractivity contribution is 0.105. The Morgan fingerprint density at radius 1 is 1.16 bits per heavy atom. The maximum atomic E-state index is 9.78. The summed E-state index contributed by atoms with van der Waals surface area (Å²) in [5.41, 5.74) is 0. The van der Waals surface area contributed by atoms with Crippen LogP contribution in [0.3, 0.4) is 0 Å². The zero-order valence-electron chi connectivity index (χ0n) is 12.1. The standard InChI is InChI=1S/C15H25NO3/c1-4-18-14-6-5-7-15(8-14)19-11-13(17)10-16-9-12(2)3/h5-8,12-13,16-17H,4,9-11H2,1-3H3. The SMILES string of the molecule is CCOc1cccc(OCC(O)CNCC(C)C)c1. The van der Waals surface area contributed by atoms with Crippen molar-refractivity contribution in [3.63, 3.8) is 0 Å². The summed E-state index contributed by atoms with van der Waals surface area (Å²) < 4.78 is 10.9. The molecule has 1 aromatic carbocycles. The third-order valence-electron chi connectivity index (χ3n) is 2.49. The number of aliphatic hydroxyl groups excluding tert-OH is 1. The summed E-state index contributed by atoms with van der Waals surface area (Å²) in [6.45, 7) is 8.56. The Kier molecular flexibility index (Phi) is 7.30. The van der Waals surface area contributed by atoms with Crippen LogP contribution in [0.15, 0.2) is 24.3 Å². The molecule has 0 fully saturated rings. The second-order valence-electron chi connectivity index (χ2n) is 4.92. The van der Waals surface area contributed by atoms with Crippen molar-refractivity contribution in [3.05, 3.63) is 24.3 Å². The van der Waals surface area contributed by atoms with Crippen LogP contribution in [-0.4, -0.2) is 37.5 Å². The number of hydrogen-bond acceptors (Lipinski definition) is 4. The van der Waals surface area contributed by atoms with E-state index in [1.807, 2.05) is 31.2 Å². The van der Waals surface area contributed by atoms with Gasteiger partial charge in [-0.3, -0.25) is 0 Å². The van der Waals surface area contributed by atoms with Gasteiger partial charge in [-0.25, -0.2) is 0 Å². The minimum Gasteiger partial charge on any atom is -0.494 e. The summed E-state index contributed by atoms with van der Waals surface area (Å²) in [6.07, 6.45) is -0.505. The fourth-order valence-corrected chi connectivity index (χ4v) is 1.61. The molecule has 0 aliphatic rings. The average Bonchev–Trinajstić information content (AvgIpc) is 2.37. The van der Waals surface area contributed by atoms with Crippen molar-refractivity contribution >= 4 is 0 Å². The first-order chi connectivity index (χ1) is 9.11. The lowest BCUT2D eigenvalue weighted by Crippen LogP contribution is -2.33. The smallest absolute Gasteiger partial charge is 0.123 e. The zero-order valence-corrected chi connectivity index (χ0v) is 12.1. The fourth-order valence-electron chi connectivity index (χ4n) is 1.61. The molecule has 4 nitrogen and oxygen atoms in total. The summed E-state index contributed by atoms with van der Waals surface area (Å²) in [6, 6.07) is 7.45. The molecule has 0 bridgehead atoms. The largest absolute Gasteiger partial charge is 0.494 e. The highest BCUT2D eigenvalue weighted by Crippen LogP contribution is 2.19. The van der Waals surface area contributed by atoms with Crippen LogP contribution in [0, 0.1) is 5.92 Å². The highest BCUT2D eigenvalue weighted by molar-refractivity contribution is 5.32. The maximum Gasteiger partial charge on any atom is 0.123 e. The van der Waals surface area contributed by atoms with E-state index in [2.05, 4.69) is 19.2 Å². The van der Waals surface area contributed by atoms with E-state index < -0.39 is 6.10 Å². The van der Waals surface area contributed by atoms with E-state index in [9.17, 15) is 5.11 Å². The molecule has 1 rings (SSSR count). The van der Waals surface area contributed by atoms with Crippen molar-refractivity contribution in [2.24, 2.45) is 5.92 Å². The van der Waals surface area contributed by atoms with E-state index in [0.29, 0.717) is 24.8 Å². The molecular formula is C15H25NO3. The van der Waals surface area contributed by atoms with E-state index >= 15 is 0 Å². The molecule has 0 aliphatic heterocycles. The summed E-state index contributed by atoms with van der Waals surface area (Å²) in [4.78, 5) is 0. The number of ether oxygens (including phenoxy) is 2. The summed E-state index contributed by atoms with van der Waals surface area (Å²) >= 11 is 0. The first-order valence-corrected chi connectivity index (χ1v) is 6.86. The van der Waals surface area contributed by atoms with Crippen LogP contribution in [0.5, 0.6) is 11.5 Å². The predicted octanol–water partition coefficient (Wildman–Crippen LogP) is 2.07. The second-order valence-corrected chi connectivity index (χ2v) is 4.92. The van der Waals surface area contributed by atoms with Gasteiger partial charge in [-0.1, -0.05) is 19.9 Å². The second kappa shape index (κ2) is 8.77. The Hall–Kier alpha value is -1.26. The summed E-state index contributed by atoms with van der Waals surface area (Å²) in [7, 11) is 0. The number of benzene rings is 1. The zero-order chi connectivity index (χ0) is 14.1. The van der Waals surface area contributed by atoms with Crippen molar-refractivity contribution in [3.8, 4) is 11.5 Å². The van der Waals surface area contributed by atoms with Crippen LogP contribution in [-0.2, 0) is 0 Å². The number of nitrogens with one attached hydrogen (secondary N) is 1. The molecule has 1 atom stereocenters. The maximum absolute atomic E-state index is 9.78. The van der Waals surface area contributed by atoms with Crippen molar-refractivity contribution in [1.82, 2.24) is 5.32 Å². The van der Waals surface area contributed by atoms with E-state index in [1.54, 1.807) is 0 Å². The highest BCUT2D eigenvalue weighted by Gasteiger charge is 2.06. The van der Waals surface area contributed by atoms with Gasteiger partial charge in [0.1, 0.15) is 24.2 Å². The normalized spacial score (nSPS) is 12.5. The summed E-state index contributed by atoms with van der Waals surface area (Å²) in [5, 5.41) is 13.0. The Bertz CT molecular complexity index is 355. The first-order valence-electron chi connectivity index (χ1n) is 6.86. The van der Waals surface area contributed by atoms with Gasteiger partial charge in [0.05, 0.1) is 6.61 Å². The molecular weight excluding hydrogens is 242 g/mol. The van der Waals surface area contributed by atoms with E-state index in [4.69, 9.17) is 9.47 Å². The van der Waals surface area contributed by atoms with Gasteiger partial charge in [-0.15, -0.1) is 0 Å². The van der Waals surface area contributed by atoms with Gasteiger partial charge in [-0.05, 0) is 31.5 Å². The monoisotopic (exact) mass is 267 g/mol. The molecule has 0 amide bonds. The Balaban J connectivity index is 2.29. The highest BCUT2D eigenvalue weighted by atomic mass is 16.5. The lowest BCUT2D eigenvalue weighted by Gasteiger charge is -2.14. The molecule has 19 heavy (non-hydrogen) atoms. The number of rotatable bonds is 9. The molecule has 0 spiro atoms. The van der Waals surface area contributed by atoms with Gasteiger partial charge in [0, 0.05) is 12.6 Å². The van der Waals surface area contributed by atoms with Gasteiger partial charge in [0.2, 0.25) is 0 Å². The van der Waals surface area contributed by atoms with Crippen LogP contribution >= 0.6 is 0 Å². The van der Waals surface area contributed by atoms with E-state index in [-0.39, 0.29) is 6.61 Å². The quantitative estimate of drug-likeness (QED) is 0.719. The van der Waals surface area contributed by atoms with Crippen LogP contribution in [0.4, 0.5) is 0 Å². The van der Waals surface area contributed by atoms with Crippen LogP contribution < -0.4 is 14.8 Å². The molecule has 0 heterocycles. The van der Waals surface area contributed by atoms with Gasteiger partial charge in [0.15, 0.2) is 0 Å². The Labute approximate surface area is 115 Å². The fraction of sp³-hybridized carbons (Fsp3) is 0.600. The topological polar surface area (TPSA) is 50.7 Å². The molecule has 0 aromatic heterocycles. The van der Waals surface area contributed by atoms with Gasteiger partial charge < -0.3 is 19.9 Å². The third-order valence-corrected chi connectivity index (χ3v) is 2.49. The first kappa shape index (κ1) is 15.8. The van der Waals surface area contributed by atoms with Crippen molar-refractivity contribution < 1.29 is 14.6 Å². The minimum absolute atomic E-state index is 0.278. The van der Waals surface area contributed by atoms with Gasteiger partial charge >= 0.3 is 0 Å². The molecule has 4 heteroatoms. The Morgan fingerprint density at radius 2 is 1.84 bits per heavy atom. The molecule has 108 valence electrons. The van der Waals surface area contributed by atoms with Gasteiger partial charge in [0.25, 0.3) is 0 Å². The Morgan fingerprint density at radius 3 is 2.47 bits per heavy atom. The van der Waals surface area contributed by atoms with Crippen LogP contribution in [0.2, 0.25) is 0 Å². The predicted molar refractivity (Wildman–Crippen MR) is 76.8 cm³/mol. The molecule has 0 radical (unpaired) electrons.